The number of rotatable bonds is 3. The molecule has 3 rings (SSSR count). The number of likely N-dealkylation sites (tertiary alicyclic amines) is 1. The van der Waals surface area contributed by atoms with Crippen LogP contribution in [0.4, 0.5) is 5.69 Å². The Labute approximate surface area is 146 Å². The SMILES string of the molecule is Cc1cc(C)cc(N(C)C(=O)[C@@H]2CCCN2C(=O)c2cccs2)c1. The molecule has 0 saturated carbocycles. The van der Waals surface area contributed by atoms with Crippen LogP contribution in [0.25, 0.3) is 0 Å². The van der Waals surface area contributed by atoms with Crippen molar-refractivity contribution in [2.75, 3.05) is 18.5 Å². The minimum Gasteiger partial charge on any atom is -0.326 e. The van der Waals surface area contributed by atoms with E-state index in [1.165, 1.54) is 11.3 Å². The standard InChI is InChI=1S/C19H22N2O2S/c1-13-10-14(2)12-15(11-13)20(3)18(22)16-6-4-8-21(16)19(23)17-7-5-9-24-17/h5,7,9-12,16H,4,6,8H2,1-3H3/t16-/m0/s1. The average molecular weight is 342 g/mol. The number of hydrogen-bond acceptors (Lipinski definition) is 3. The van der Waals surface area contributed by atoms with Crippen molar-refractivity contribution in [2.45, 2.75) is 32.7 Å². The summed E-state index contributed by atoms with van der Waals surface area (Å²) >= 11 is 1.42. The first-order valence-electron chi connectivity index (χ1n) is 8.17. The minimum absolute atomic E-state index is 0.0117. The van der Waals surface area contributed by atoms with Crippen LogP contribution in [-0.2, 0) is 4.79 Å². The van der Waals surface area contributed by atoms with Crippen molar-refractivity contribution in [3.05, 3.63) is 51.7 Å². The van der Waals surface area contributed by atoms with Crippen LogP contribution in [0.15, 0.2) is 35.7 Å². The normalized spacial score (nSPS) is 17.1. The van der Waals surface area contributed by atoms with Crippen LogP contribution in [0.1, 0.15) is 33.6 Å². The van der Waals surface area contributed by atoms with E-state index in [9.17, 15) is 9.59 Å². The van der Waals surface area contributed by atoms with Crippen molar-refractivity contribution in [1.82, 2.24) is 4.90 Å². The van der Waals surface area contributed by atoms with Gasteiger partial charge in [0.25, 0.3) is 5.91 Å². The zero-order chi connectivity index (χ0) is 17.3. The predicted molar refractivity (Wildman–Crippen MR) is 97.7 cm³/mol. The molecule has 1 aliphatic heterocycles. The summed E-state index contributed by atoms with van der Waals surface area (Å²) in [7, 11) is 1.79. The molecule has 1 aromatic heterocycles. The molecule has 1 fully saturated rings. The lowest BCUT2D eigenvalue weighted by molar-refractivity contribution is -0.121. The van der Waals surface area contributed by atoms with Crippen LogP contribution in [0.2, 0.25) is 0 Å². The highest BCUT2D eigenvalue weighted by atomic mass is 32.1. The second kappa shape index (κ2) is 6.77. The Morgan fingerprint density at radius 2 is 1.92 bits per heavy atom. The quantitative estimate of drug-likeness (QED) is 0.854. The van der Waals surface area contributed by atoms with Gasteiger partial charge >= 0.3 is 0 Å². The van der Waals surface area contributed by atoms with E-state index in [2.05, 4.69) is 6.07 Å². The fourth-order valence-electron chi connectivity index (χ4n) is 3.30. The number of amides is 2. The van der Waals surface area contributed by atoms with Gasteiger partial charge in [-0.25, -0.2) is 0 Å². The summed E-state index contributed by atoms with van der Waals surface area (Å²) in [6.07, 6.45) is 1.60. The summed E-state index contributed by atoms with van der Waals surface area (Å²) in [5.74, 6) is -0.0444. The molecular formula is C19H22N2O2S. The monoisotopic (exact) mass is 342 g/mol. The topological polar surface area (TPSA) is 40.6 Å². The highest BCUT2D eigenvalue weighted by Crippen LogP contribution is 2.26. The molecule has 0 aliphatic carbocycles. The number of carbonyl (C=O) groups excluding carboxylic acids is 2. The lowest BCUT2D eigenvalue weighted by Gasteiger charge is -2.28. The van der Waals surface area contributed by atoms with E-state index in [4.69, 9.17) is 0 Å². The molecule has 126 valence electrons. The molecule has 4 nitrogen and oxygen atoms in total. The molecule has 5 heteroatoms. The molecule has 1 aliphatic rings. The maximum Gasteiger partial charge on any atom is 0.264 e. The number of anilines is 1. The number of carbonyl (C=O) groups is 2. The minimum atomic E-state index is -0.370. The van der Waals surface area contributed by atoms with Crippen molar-refractivity contribution >= 4 is 28.8 Å². The van der Waals surface area contributed by atoms with E-state index < -0.39 is 0 Å². The van der Waals surface area contributed by atoms with Crippen LogP contribution in [0.5, 0.6) is 0 Å². The molecule has 0 bridgehead atoms. The molecule has 1 saturated heterocycles. The van der Waals surface area contributed by atoms with Crippen LogP contribution < -0.4 is 4.90 Å². The average Bonchev–Trinajstić information content (AvgIpc) is 3.23. The van der Waals surface area contributed by atoms with Crippen LogP contribution >= 0.6 is 11.3 Å². The van der Waals surface area contributed by atoms with Gasteiger partial charge in [-0.2, -0.15) is 0 Å². The van der Waals surface area contributed by atoms with Crippen molar-refractivity contribution < 1.29 is 9.59 Å². The van der Waals surface area contributed by atoms with Gasteiger partial charge in [0.05, 0.1) is 4.88 Å². The maximum atomic E-state index is 13.0. The highest BCUT2D eigenvalue weighted by Gasteiger charge is 2.36. The van der Waals surface area contributed by atoms with Crippen molar-refractivity contribution in [3.63, 3.8) is 0 Å². The second-order valence-electron chi connectivity index (χ2n) is 6.38. The van der Waals surface area contributed by atoms with Gasteiger partial charge in [0, 0.05) is 19.3 Å². The molecular weight excluding hydrogens is 320 g/mol. The molecule has 0 radical (unpaired) electrons. The van der Waals surface area contributed by atoms with E-state index in [0.717, 1.165) is 29.7 Å². The third-order valence-electron chi connectivity index (χ3n) is 4.46. The fraction of sp³-hybridized carbons (Fsp3) is 0.368. The molecule has 2 heterocycles. The van der Waals surface area contributed by atoms with Gasteiger partial charge < -0.3 is 9.80 Å². The number of thiophene rings is 1. The van der Waals surface area contributed by atoms with E-state index in [1.807, 2.05) is 43.5 Å². The summed E-state index contributed by atoms with van der Waals surface area (Å²) < 4.78 is 0. The maximum absolute atomic E-state index is 13.0. The lowest BCUT2D eigenvalue weighted by Crippen LogP contribution is -2.46. The summed E-state index contributed by atoms with van der Waals surface area (Å²) in [4.78, 5) is 29.8. The number of nitrogens with zero attached hydrogens (tertiary/aromatic N) is 2. The molecule has 0 unspecified atom stereocenters. The van der Waals surface area contributed by atoms with Crippen molar-refractivity contribution in [3.8, 4) is 0 Å². The molecule has 2 aromatic rings. The van der Waals surface area contributed by atoms with Gasteiger partial charge in [-0.1, -0.05) is 12.1 Å². The van der Waals surface area contributed by atoms with Gasteiger partial charge in [0.2, 0.25) is 5.91 Å². The Hall–Kier alpha value is -2.14. The van der Waals surface area contributed by atoms with Gasteiger partial charge in [-0.3, -0.25) is 9.59 Å². The largest absolute Gasteiger partial charge is 0.326 e. The Morgan fingerprint density at radius 1 is 1.21 bits per heavy atom. The molecule has 1 atom stereocenters. The highest BCUT2D eigenvalue weighted by molar-refractivity contribution is 7.12. The molecule has 1 aromatic carbocycles. The van der Waals surface area contributed by atoms with Gasteiger partial charge in [0.1, 0.15) is 6.04 Å². The Morgan fingerprint density at radius 3 is 2.54 bits per heavy atom. The Balaban J connectivity index is 1.81. The summed E-state index contributed by atoms with van der Waals surface area (Å²) in [6, 6.07) is 9.42. The first kappa shape index (κ1) is 16.7. The summed E-state index contributed by atoms with van der Waals surface area (Å²) in [6.45, 7) is 4.70. The number of hydrogen-bond donors (Lipinski definition) is 0. The third kappa shape index (κ3) is 3.22. The van der Waals surface area contributed by atoms with E-state index in [-0.39, 0.29) is 17.9 Å². The van der Waals surface area contributed by atoms with Gasteiger partial charge in [0.15, 0.2) is 0 Å². The van der Waals surface area contributed by atoms with Gasteiger partial charge in [-0.05, 0) is 61.4 Å². The third-order valence-corrected chi connectivity index (χ3v) is 5.31. The first-order valence-corrected chi connectivity index (χ1v) is 9.05. The first-order chi connectivity index (χ1) is 11.5. The summed E-state index contributed by atoms with van der Waals surface area (Å²) in [5, 5.41) is 1.89. The predicted octanol–water partition coefficient (Wildman–Crippen LogP) is 3.63. The molecule has 24 heavy (non-hydrogen) atoms. The lowest BCUT2D eigenvalue weighted by atomic mass is 10.1. The smallest absolute Gasteiger partial charge is 0.264 e. The van der Waals surface area contributed by atoms with Crippen LogP contribution in [0.3, 0.4) is 0 Å². The Bertz CT molecular complexity index is 734. The number of benzene rings is 1. The molecule has 0 spiro atoms. The fourth-order valence-corrected chi connectivity index (χ4v) is 3.98. The van der Waals surface area contributed by atoms with E-state index >= 15 is 0 Å². The molecule has 0 N–H and O–H groups in total. The Kier molecular flexibility index (Phi) is 4.71. The number of aryl methyl sites for hydroxylation is 2. The van der Waals surface area contributed by atoms with Crippen LogP contribution in [-0.4, -0.2) is 36.3 Å². The van der Waals surface area contributed by atoms with Crippen molar-refractivity contribution in [1.29, 1.82) is 0 Å². The number of likely N-dealkylation sites (N-methyl/N-ethyl adjacent to an activating group) is 1. The molecule has 2 amide bonds. The van der Waals surface area contributed by atoms with Crippen molar-refractivity contribution in [2.24, 2.45) is 0 Å². The van der Waals surface area contributed by atoms with E-state index in [0.29, 0.717) is 11.4 Å². The van der Waals surface area contributed by atoms with Gasteiger partial charge in [-0.15, -0.1) is 11.3 Å². The zero-order valence-corrected chi connectivity index (χ0v) is 15.1. The van der Waals surface area contributed by atoms with Crippen LogP contribution in [0, 0.1) is 13.8 Å². The van der Waals surface area contributed by atoms with E-state index in [1.54, 1.807) is 16.8 Å². The summed E-state index contributed by atoms with van der Waals surface area (Å²) in [5.41, 5.74) is 3.14. The zero-order valence-electron chi connectivity index (χ0n) is 14.3. The second-order valence-corrected chi connectivity index (χ2v) is 7.32.